The number of ether oxygens (including phenoxy) is 2. The first-order chi connectivity index (χ1) is 28.2. The van der Waals surface area contributed by atoms with Crippen molar-refractivity contribution in [2.24, 2.45) is 0 Å². The van der Waals surface area contributed by atoms with Crippen molar-refractivity contribution < 1.29 is 47.8 Å². The molecule has 0 aliphatic heterocycles. The van der Waals surface area contributed by atoms with Gasteiger partial charge in [0.05, 0.1) is 19.8 Å². The average Bonchev–Trinajstić information content (AvgIpc) is 3.21. The smallest absolute Gasteiger partial charge is 0.462 e. The second-order valence-corrected chi connectivity index (χ2v) is 17.7. The average molecular weight is 845 g/mol. The third kappa shape index (κ3) is 42.6. The number of unbranched alkanes of at least 4 members (excludes halogenated alkanes) is 30. The molecule has 0 bridgehead atoms. The summed E-state index contributed by atoms with van der Waals surface area (Å²) in [6, 6.07) is 0. The molecule has 11 heteroatoms. The second kappa shape index (κ2) is 43.5. The molecule has 0 saturated carbocycles. The molecule has 0 heterocycles. The lowest BCUT2D eigenvalue weighted by atomic mass is 10.0. The molecule has 58 heavy (non-hydrogen) atoms. The number of allylic oxidation sites excluding steroid dienone is 3. The van der Waals surface area contributed by atoms with Gasteiger partial charge in [0.2, 0.25) is 0 Å². The summed E-state index contributed by atoms with van der Waals surface area (Å²) in [5, 5.41) is 18.3. The predicted molar refractivity (Wildman–Crippen MR) is 238 cm³/mol. The van der Waals surface area contributed by atoms with Crippen LogP contribution in [-0.2, 0) is 32.7 Å². The molecule has 0 amide bonds. The highest BCUT2D eigenvalue weighted by molar-refractivity contribution is 7.47. The SMILES string of the molecule is CCCCCCCCCCCCC/C=C/C=C/C(=O)O[C@H](COC(=O)CCCCCCCCCCCCCCCCCCCCCC)COP(=O)(O)OC[C@H](O)CO. The number of rotatable bonds is 45. The number of hydrogen-bond acceptors (Lipinski definition) is 9. The van der Waals surface area contributed by atoms with E-state index in [0.717, 1.165) is 32.1 Å². The van der Waals surface area contributed by atoms with Gasteiger partial charge in [0.15, 0.2) is 6.10 Å². The van der Waals surface area contributed by atoms with Crippen molar-refractivity contribution >= 4 is 19.8 Å². The molecule has 0 rings (SSSR count). The number of carbonyl (C=O) groups is 2. The summed E-state index contributed by atoms with van der Waals surface area (Å²) in [6.07, 6.45) is 45.0. The number of hydrogen-bond donors (Lipinski definition) is 3. The van der Waals surface area contributed by atoms with E-state index in [1.54, 1.807) is 12.2 Å². The zero-order chi connectivity index (χ0) is 42.6. The van der Waals surface area contributed by atoms with E-state index in [-0.39, 0.29) is 13.0 Å². The highest BCUT2D eigenvalue weighted by Gasteiger charge is 2.26. The Labute approximate surface area is 355 Å². The summed E-state index contributed by atoms with van der Waals surface area (Å²) >= 11 is 0. The fourth-order valence-corrected chi connectivity index (χ4v) is 7.57. The summed E-state index contributed by atoms with van der Waals surface area (Å²) in [4.78, 5) is 34.9. The van der Waals surface area contributed by atoms with Crippen LogP contribution in [-0.4, -0.2) is 65.7 Å². The van der Waals surface area contributed by atoms with Crippen molar-refractivity contribution in [3.05, 3.63) is 24.3 Å². The number of carbonyl (C=O) groups excluding carboxylic acids is 2. The highest BCUT2D eigenvalue weighted by atomic mass is 31.2. The van der Waals surface area contributed by atoms with Crippen molar-refractivity contribution in [3.63, 3.8) is 0 Å². The van der Waals surface area contributed by atoms with Crippen LogP contribution in [0.1, 0.15) is 226 Å². The Morgan fingerprint density at radius 3 is 1.38 bits per heavy atom. The first kappa shape index (κ1) is 56.5. The number of aliphatic hydroxyl groups excluding tert-OH is 2. The van der Waals surface area contributed by atoms with Crippen LogP contribution in [0.3, 0.4) is 0 Å². The molecule has 0 aromatic carbocycles. The van der Waals surface area contributed by atoms with E-state index >= 15 is 0 Å². The maximum Gasteiger partial charge on any atom is 0.472 e. The van der Waals surface area contributed by atoms with Crippen LogP contribution >= 0.6 is 7.82 Å². The molecular weight excluding hydrogens is 755 g/mol. The van der Waals surface area contributed by atoms with Gasteiger partial charge in [0, 0.05) is 12.5 Å². The molecule has 0 aliphatic rings. The Hall–Kier alpha value is -1.55. The molecule has 0 aromatic rings. The fourth-order valence-electron chi connectivity index (χ4n) is 6.79. The van der Waals surface area contributed by atoms with E-state index in [4.69, 9.17) is 19.1 Å². The Kier molecular flexibility index (Phi) is 42.4. The van der Waals surface area contributed by atoms with Gasteiger partial charge in [-0.1, -0.05) is 218 Å². The molecule has 0 radical (unpaired) electrons. The number of phosphoric acid groups is 1. The zero-order valence-corrected chi connectivity index (χ0v) is 38.2. The minimum atomic E-state index is -4.64. The van der Waals surface area contributed by atoms with Crippen molar-refractivity contribution in [1.29, 1.82) is 0 Å². The van der Waals surface area contributed by atoms with E-state index in [1.165, 1.54) is 173 Å². The van der Waals surface area contributed by atoms with E-state index in [2.05, 4.69) is 18.4 Å². The molecule has 0 spiro atoms. The molecule has 342 valence electrons. The molecule has 3 atom stereocenters. The molecule has 1 unspecified atom stereocenters. The number of phosphoric ester groups is 1. The normalized spacial score (nSPS) is 13.9. The van der Waals surface area contributed by atoms with Gasteiger partial charge in [-0.15, -0.1) is 0 Å². The standard InChI is InChI=1S/C47H89O10P/c1-3-5-7-9-11-13-15-17-19-20-21-22-23-25-26-28-30-32-34-36-38-46(50)54-42-45(43-56-58(52,53)55-41-44(49)40-48)57-47(51)39-37-35-33-31-29-27-24-18-16-14-12-10-8-6-4-2/h33,35,37,39,44-45,48-49H,3-32,34,36,38,40-43H2,1-2H3,(H,52,53)/b35-33+,39-37+/t44-,45-/m1/s1. The van der Waals surface area contributed by atoms with Crippen LogP contribution in [0.2, 0.25) is 0 Å². The Balaban J connectivity index is 4.25. The Bertz CT molecular complexity index is 1020. The fraction of sp³-hybridized carbons (Fsp3) is 0.872. The molecule has 10 nitrogen and oxygen atoms in total. The van der Waals surface area contributed by atoms with Crippen LogP contribution in [0.4, 0.5) is 0 Å². The molecule has 0 aliphatic carbocycles. The van der Waals surface area contributed by atoms with Crippen LogP contribution in [0.25, 0.3) is 0 Å². The second-order valence-electron chi connectivity index (χ2n) is 16.2. The molecule has 0 aromatic heterocycles. The lowest BCUT2D eigenvalue weighted by Gasteiger charge is -2.19. The van der Waals surface area contributed by atoms with E-state index in [1.807, 2.05) is 6.08 Å². The topological polar surface area (TPSA) is 149 Å². The summed E-state index contributed by atoms with van der Waals surface area (Å²) in [6.45, 7) is 2.30. The van der Waals surface area contributed by atoms with Crippen molar-refractivity contribution in [2.75, 3.05) is 26.4 Å². The summed E-state index contributed by atoms with van der Waals surface area (Å²) < 4.78 is 32.6. The third-order valence-corrected chi connectivity index (χ3v) is 11.4. The van der Waals surface area contributed by atoms with Crippen molar-refractivity contribution in [2.45, 2.75) is 238 Å². The molecule has 0 saturated heterocycles. The van der Waals surface area contributed by atoms with Crippen LogP contribution in [0.15, 0.2) is 24.3 Å². The first-order valence-electron chi connectivity index (χ1n) is 23.8. The van der Waals surface area contributed by atoms with E-state index < -0.39 is 51.8 Å². The van der Waals surface area contributed by atoms with Crippen LogP contribution < -0.4 is 0 Å². The van der Waals surface area contributed by atoms with Crippen LogP contribution in [0.5, 0.6) is 0 Å². The van der Waals surface area contributed by atoms with Crippen molar-refractivity contribution in [1.82, 2.24) is 0 Å². The van der Waals surface area contributed by atoms with E-state index in [0.29, 0.717) is 6.42 Å². The van der Waals surface area contributed by atoms with Crippen molar-refractivity contribution in [3.8, 4) is 0 Å². The quantitative estimate of drug-likeness (QED) is 0.0178. The van der Waals surface area contributed by atoms with Gasteiger partial charge in [-0.05, 0) is 19.3 Å². The molecular formula is C47H89O10P. The van der Waals surface area contributed by atoms with Gasteiger partial charge >= 0.3 is 19.8 Å². The Morgan fingerprint density at radius 2 is 0.948 bits per heavy atom. The third-order valence-electron chi connectivity index (χ3n) is 10.5. The highest BCUT2D eigenvalue weighted by Crippen LogP contribution is 2.43. The van der Waals surface area contributed by atoms with Gasteiger partial charge < -0.3 is 24.6 Å². The summed E-state index contributed by atoms with van der Waals surface area (Å²) in [7, 11) is -4.64. The molecule has 3 N–H and O–H groups in total. The summed E-state index contributed by atoms with van der Waals surface area (Å²) in [5.41, 5.74) is 0. The minimum absolute atomic E-state index is 0.227. The van der Waals surface area contributed by atoms with Gasteiger partial charge in [-0.25, -0.2) is 9.36 Å². The zero-order valence-electron chi connectivity index (χ0n) is 37.3. The lowest BCUT2D eigenvalue weighted by molar-refractivity contribution is -0.157. The first-order valence-corrected chi connectivity index (χ1v) is 25.3. The van der Waals surface area contributed by atoms with E-state index in [9.17, 15) is 24.2 Å². The monoisotopic (exact) mass is 845 g/mol. The Morgan fingerprint density at radius 1 is 0.552 bits per heavy atom. The maximum atomic E-state index is 12.5. The largest absolute Gasteiger partial charge is 0.472 e. The number of aliphatic hydroxyl groups is 2. The van der Waals surface area contributed by atoms with Gasteiger partial charge in [0.1, 0.15) is 12.7 Å². The predicted octanol–water partition coefficient (Wildman–Crippen LogP) is 13.0. The number of esters is 2. The van der Waals surface area contributed by atoms with Crippen LogP contribution in [0, 0.1) is 0 Å². The van der Waals surface area contributed by atoms with Gasteiger partial charge in [-0.2, -0.15) is 0 Å². The maximum absolute atomic E-state index is 12.5. The summed E-state index contributed by atoms with van der Waals surface area (Å²) in [5.74, 6) is -1.17. The lowest BCUT2D eigenvalue weighted by Crippen LogP contribution is -2.29. The molecule has 0 fully saturated rings. The van der Waals surface area contributed by atoms with Gasteiger partial charge in [0.25, 0.3) is 0 Å². The minimum Gasteiger partial charge on any atom is -0.462 e. The van der Waals surface area contributed by atoms with Gasteiger partial charge in [-0.3, -0.25) is 13.8 Å².